The number of nitriles is 2. The monoisotopic (exact) mass is 172 g/mol. The predicted octanol–water partition coefficient (Wildman–Crippen LogP) is 2.17. The van der Waals surface area contributed by atoms with Crippen molar-refractivity contribution in [2.75, 3.05) is 0 Å². The standard InChI is InChI=1S/C10H8N2O/c1-7-8(2)13-4-3-10(7)9(5-11)6-12/h3-4H,1-2H3. The van der Waals surface area contributed by atoms with Crippen LogP contribution in [0.1, 0.15) is 13.8 Å². The number of hydrogen-bond donors (Lipinski definition) is 0. The first kappa shape index (κ1) is 9.09. The van der Waals surface area contributed by atoms with Crippen LogP contribution in [0.3, 0.4) is 0 Å². The van der Waals surface area contributed by atoms with Crippen LogP contribution >= 0.6 is 0 Å². The second-order valence-corrected chi connectivity index (χ2v) is 2.61. The topological polar surface area (TPSA) is 56.8 Å². The van der Waals surface area contributed by atoms with E-state index < -0.39 is 0 Å². The Morgan fingerprint density at radius 1 is 1.31 bits per heavy atom. The largest absolute Gasteiger partial charge is 0.469 e. The molecule has 0 saturated carbocycles. The SMILES string of the molecule is CC1=C(C)C(=C(C#N)C#N)C=CO1. The van der Waals surface area contributed by atoms with Gasteiger partial charge < -0.3 is 4.74 Å². The maximum absolute atomic E-state index is 8.65. The van der Waals surface area contributed by atoms with E-state index >= 15 is 0 Å². The van der Waals surface area contributed by atoms with E-state index in [1.807, 2.05) is 19.1 Å². The highest BCUT2D eigenvalue weighted by atomic mass is 16.5. The molecule has 0 saturated heterocycles. The Hall–Kier alpha value is -2.00. The highest BCUT2D eigenvalue weighted by Gasteiger charge is 2.11. The summed E-state index contributed by atoms with van der Waals surface area (Å²) in [6.45, 7) is 3.62. The third-order valence-corrected chi connectivity index (χ3v) is 1.90. The van der Waals surface area contributed by atoms with Gasteiger partial charge in [0.25, 0.3) is 0 Å². The summed E-state index contributed by atoms with van der Waals surface area (Å²) in [6, 6.07) is 3.70. The lowest BCUT2D eigenvalue weighted by atomic mass is 10.0. The molecule has 0 bridgehead atoms. The molecule has 1 aliphatic heterocycles. The summed E-state index contributed by atoms with van der Waals surface area (Å²) in [5.41, 5.74) is 1.60. The molecule has 13 heavy (non-hydrogen) atoms. The summed E-state index contributed by atoms with van der Waals surface area (Å²) in [5, 5.41) is 17.3. The molecule has 0 aliphatic carbocycles. The highest BCUT2D eigenvalue weighted by Crippen LogP contribution is 2.23. The van der Waals surface area contributed by atoms with Gasteiger partial charge in [-0.3, -0.25) is 0 Å². The van der Waals surface area contributed by atoms with Crippen LogP contribution in [-0.2, 0) is 4.74 Å². The van der Waals surface area contributed by atoms with Crippen LogP contribution in [0.15, 0.2) is 34.8 Å². The molecule has 0 aromatic rings. The van der Waals surface area contributed by atoms with Crippen molar-refractivity contribution in [2.45, 2.75) is 13.8 Å². The summed E-state index contributed by atoms with van der Waals surface area (Å²) in [4.78, 5) is 0. The molecule has 3 nitrogen and oxygen atoms in total. The van der Waals surface area contributed by atoms with E-state index in [-0.39, 0.29) is 5.57 Å². The highest BCUT2D eigenvalue weighted by molar-refractivity contribution is 5.54. The van der Waals surface area contributed by atoms with Gasteiger partial charge in [0, 0.05) is 5.57 Å². The molecule has 1 aliphatic rings. The van der Waals surface area contributed by atoms with Crippen LogP contribution in [-0.4, -0.2) is 0 Å². The molecule has 0 radical (unpaired) electrons. The molecule has 0 spiro atoms. The van der Waals surface area contributed by atoms with Crippen molar-refractivity contribution in [1.82, 2.24) is 0 Å². The summed E-state index contributed by atoms with van der Waals surface area (Å²) in [5.74, 6) is 0.723. The molecule has 0 amide bonds. The fourth-order valence-corrected chi connectivity index (χ4v) is 1.02. The third-order valence-electron chi connectivity index (χ3n) is 1.90. The zero-order chi connectivity index (χ0) is 9.84. The molecule has 3 heteroatoms. The van der Waals surface area contributed by atoms with Crippen molar-refractivity contribution >= 4 is 0 Å². The van der Waals surface area contributed by atoms with E-state index in [0.29, 0.717) is 5.57 Å². The van der Waals surface area contributed by atoms with Gasteiger partial charge in [0.15, 0.2) is 0 Å². The van der Waals surface area contributed by atoms with Gasteiger partial charge in [-0.1, -0.05) is 0 Å². The van der Waals surface area contributed by atoms with Crippen molar-refractivity contribution in [2.24, 2.45) is 0 Å². The Kier molecular flexibility index (Phi) is 2.52. The lowest BCUT2D eigenvalue weighted by Gasteiger charge is -2.12. The van der Waals surface area contributed by atoms with E-state index in [4.69, 9.17) is 15.3 Å². The molecule has 0 aromatic carbocycles. The van der Waals surface area contributed by atoms with Gasteiger partial charge in [-0.2, -0.15) is 10.5 Å². The number of allylic oxidation sites excluding steroid dienone is 5. The predicted molar refractivity (Wildman–Crippen MR) is 46.9 cm³/mol. The first-order valence-electron chi connectivity index (χ1n) is 3.76. The van der Waals surface area contributed by atoms with E-state index in [1.54, 1.807) is 13.0 Å². The van der Waals surface area contributed by atoms with Gasteiger partial charge in [-0.15, -0.1) is 0 Å². The van der Waals surface area contributed by atoms with Crippen LogP contribution < -0.4 is 0 Å². The fourth-order valence-electron chi connectivity index (χ4n) is 1.02. The molecule has 0 N–H and O–H groups in total. The quantitative estimate of drug-likeness (QED) is 0.526. The second-order valence-electron chi connectivity index (χ2n) is 2.61. The minimum atomic E-state index is 0.122. The molecule has 1 heterocycles. The minimum Gasteiger partial charge on any atom is -0.469 e. The molecule has 0 aromatic heterocycles. The Morgan fingerprint density at radius 3 is 2.46 bits per heavy atom. The Bertz CT molecular complexity index is 384. The Morgan fingerprint density at radius 2 is 1.92 bits per heavy atom. The number of nitrogens with zero attached hydrogens (tertiary/aromatic N) is 2. The number of ether oxygens (including phenoxy) is 1. The van der Waals surface area contributed by atoms with Gasteiger partial charge in [0.2, 0.25) is 0 Å². The maximum atomic E-state index is 8.65. The van der Waals surface area contributed by atoms with Crippen LogP contribution in [0, 0.1) is 22.7 Å². The lowest BCUT2D eigenvalue weighted by molar-refractivity contribution is 0.343. The van der Waals surface area contributed by atoms with E-state index in [9.17, 15) is 0 Å². The van der Waals surface area contributed by atoms with Crippen LogP contribution in [0.2, 0.25) is 0 Å². The van der Waals surface area contributed by atoms with Crippen molar-refractivity contribution < 1.29 is 4.74 Å². The Labute approximate surface area is 76.8 Å². The molecule has 64 valence electrons. The molecule has 0 atom stereocenters. The summed E-state index contributed by atoms with van der Waals surface area (Å²) < 4.78 is 5.11. The van der Waals surface area contributed by atoms with E-state index in [0.717, 1.165) is 11.3 Å². The zero-order valence-electron chi connectivity index (χ0n) is 7.46. The molecule has 1 rings (SSSR count). The average Bonchev–Trinajstić information content (AvgIpc) is 2.14. The smallest absolute Gasteiger partial charge is 0.137 e. The summed E-state index contributed by atoms with van der Waals surface area (Å²) in [7, 11) is 0. The number of rotatable bonds is 0. The van der Waals surface area contributed by atoms with E-state index in [1.165, 1.54) is 6.26 Å². The molecule has 0 fully saturated rings. The van der Waals surface area contributed by atoms with Crippen molar-refractivity contribution in [3.8, 4) is 12.1 Å². The van der Waals surface area contributed by atoms with Crippen molar-refractivity contribution in [1.29, 1.82) is 10.5 Å². The summed E-state index contributed by atoms with van der Waals surface area (Å²) >= 11 is 0. The van der Waals surface area contributed by atoms with E-state index in [2.05, 4.69) is 0 Å². The van der Waals surface area contributed by atoms with Gasteiger partial charge >= 0.3 is 0 Å². The normalized spacial score (nSPS) is 14.6. The van der Waals surface area contributed by atoms with Crippen molar-refractivity contribution in [3.63, 3.8) is 0 Å². The van der Waals surface area contributed by atoms with Crippen LogP contribution in [0.5, 0.6) is 0 Å². The first-order valence-corrected chi connectivity index (χ1v) is 3.76. The van der Waals surface area contributed by atoms with Crippen LogP contribution in [0.25, 0.3) is 0 Å². The average molecular weight is 172 g/mol. The molecular weight excluding hydrogens is 164 g/mol. The van der Waals surface area contributed by atoms with Gasteiger partial charge in [0.1, 0.15) is 23.5 Å². The fraction of sp³-hybridized carbons (Fsp3) is 0.200. The second kappa shape index (κ2) is 3.60. The van der Waals surface area contributed by atoms with Gasteiger partial charge in [-0.25, -0.2) is 0 Å². The van der Waals surface area contributed by atoms with Crippen molar-refractivity contribution in [3.05, 3.63) is 34.8 Å². The number of hydrogen-bond acceptors (Lipinski definition) is 3. The lowest BCUT2D eigenvalue weighted by Crippen LogP contribution is -1.97. The third kappa shape index (κ3) is 1.60. The van der Waals surface area contributed by atoms with Crippen LogP contribution in [0.4, 0.5) is 0 Å². The maximum Gasteiger partial charge on any atom is 0.137 e. The molecule has 0 unspecified atom stereocenters. The van der Waals surface area contributed by atoms with Gasteiger partial charge in [-0.05, 0) is 25.5 Å². The molecular formula is C10H8N2O. The first-order chi connectivity index (χ1) is 6.20. The Balaban J connectivity index is 3.29. The summed E-state index contributed by atoms with van der Waals surface area (Å²) in [6.07, 6.45) is 3.11. The zero-order valence-corrected chi connectivity index (χ0v) is 7.46. The van der Waals surface area contributed by atoms with Gasteiger partial charge in [0.05, 0.1) is 6.26 Å². The minimum absolute atomic E-state index is 0.122.